The van der Waals surface area contributed by atoms with Crippen LogP contribution in [-0.4, -0.2) is 32.9 Å². The Balaban J connectivity index is 0. The minimum absolute atomic E-state index is 0. The largest absolute Gasteiger partial charge is 2.00 e. The van der Waals surface area contributed by atoms with Gasteiger partial charge in [0.15, 0.2) is 0 Å². The van der Waals surface area contributed by atoms with Gasteiger partial charge in [-0.2, -0.15) is 0 Å². The van der Waals surface area contributed by atoms with E-state index in [0.29, 0.717) is 0 Å². The molecule has 0 spiro atoms. The number of carboxylic acid groups (broad SMARTS) is 3. The molecule has 0 amide bonds. The standard InChI is InChI=1S/3C6H5NO2.Fe.Na/c3*8-6(9)5-1-3-7-4-2-5;;/h3*1-4H,(H,8,9);;/q;;;+2;+1/p-3. The van der Waals surface area contributed by atoms with E-state index in [4.69, 9.17) is 0 Å². The van der Waals surface area contributed by atoms with Crippen molar-refractivity contribution < 1.29 is 76.3 Å². The molecule has 144 valence electrons. The molecule has 0 fully saturated rings. The molecule has 0 atom stereocenters. The minimum Gasteiger partial charge on any atom is -0.545 e. The van der Waals surface area contributed by atoms with Crippen LogP contribution in [0.25, 0.3) is 0 Å². The average Bonchev–Trinajstić information content (AvgIpc) is 2.71. The zero-order chi connectivity index (χ0) is 20.1. The van der Waals surface area contributed by atoms with Crippen molar-refractivity contribution in [1.29, 1.82) is 0 Å². The maximum absolute atomic E-state index is 10.1. The van der Waals surface area contributed by atoms with Crippen molar-refractivity contribution in [1.82, 2.24) is 15.0 Å². The molecule has 0 aliphatic heterocycles. The fourth-order valence-electron chi connectivity index (χ4n) is 1.46. The Morgan fingerprint density at radius 3 is 0.793 bits per heavy atom. The smallest absolute Gasteiger partial charge is 0.545 e. The number of carbonyl (C=O) groups excluding carboxylic acids is 3. The van der Waals surface area contributed by atoms with Gasteiger partial charge in [0, 0.05) is 53.9 Å². The number of pyridine rings is 3. The van der Waals surface area contributed by atoms with Crippen LogP contribution >= 0.6 is 0 Å². The molecule has 0 unspecified atom stereocenters. The van der Waals surface area contributed by atoms with Crippen LogP contribution in [0.2, 0.25) is 0 Å². The van der Waals surface area contributed by atoms with E-state index >= 15 is 0 Å². The van der Waals surface area contributed by atoms with Gasteiger partial charge in [-0.3, -0.25) is 15.0 Å². The van der Waals surface area contributed by atoms with Crippen LogP contribution in [0.1, 0.15) is 31.1 Å². The molecular formula is C18H12FeN3NaO6. The van der Waals surface area contributed by atoms with E-state index in [1.165, 1.54) is 73.6 Å². The molecule has 0 N–H and O–H groups in total. The molecule has 0 radical (unpaired) electrons. The van der Waals surface area contributed by atoms with E-state index in [-0.39, 0.29) is 63.3 Å². The van der Waals surface area contributed by atoms with Gasteiger partial charge >= 0.3 is 46.6 Å². The Morgan fingerprint density at radius 1 is 0.517 bits per heavy atom. The van der Waals surface area contributed by atoms with Crippen LogP contribution in [-0.2, 0) is 17.1 Å². The first-order valence-corrected chi connectivity index (χ1v) is 7.26. The van der Waals surface area contributed by atoms with E-state index in [1.807, 2.05) is 0 Å². The second kappa shape index (κ2) is 16.3. The van der Waals surface area contributed by atoms with Crippen molar-refractivity contribution >= 4 is 17.9 Å². The normalized spacial score (nSPS) is 8.28. The third-order valence-electron chi connectivity index (χ3n) is 2.75. The van der Waals surface area contributed by atoms with Crippen molar-refractivity contribution in [3.05, 3.63) is 90.3 Å². The van der Waals surface area contributed by atoms with Crippen LogP contribution in [0, 0.1) is 0 Å². The number of rotatable bonds is 3. The molecule has 0 aliphatic rings. The van der Waals surface area contributed by atoms with Gasteiger partial charge in [0.1, 0.15) is 0 Å². The van der Waals surface area contributed by atoms with Gasteiger partial charge < -0.3 is 29.7 Å². The van der Waals surface area contributed by atoms with Gasteiger partial charge in [0.05, 0.1) is 17.9 Å². The Morgan fingerprint density at radius 2 is 0.690 bits per heavy atom. The van der Waals surface area contributed by atoms with E-state index in [0.717, 1.165) is 0 Å². The summed E-state index contributed by atoms with van der Waals surface area (Å²) in [7, 11) is 0. The second-order valence-electron chi connectivity index (χ2n) is 4.57. The van der Waals surface area contributed by atoms with Crippen LogP contribution in [0.4, 0.5) is 0 Å². The molecule has 0 aliphatic carbocycles. The monoisotopic (exact) mass is 445 g/mol. The van der Waals surface area contributed by atoms with Gasteiger partial charge in [-0.1, -0.05) is 0 Å². The SMILES string of the molecule is O=C([O-])c1ccncc1.O=C([O-])c1ccncc1.O=C([O-])c1ccncc1.[Fe+2].[Na+]. The average molecular weight is 445 g/mol. The van der Waals surface area contributed by atoms with Gasteiger partial charge in [0.2, 0.25) is 0 Å². The summed E-state index contributed by atoms with van der Waals surface area (Å²) < 4.78 is 0. The fraction of sp³-hybridized carbons (Fsp3) is 0. The molecule has 11 heteroatoms. The molecular weight excluding hydrogens is 433 g/mol. The van der Waals surface area contributed by atoms with Crippen LogP contribution in [0.15, 0.2) is 73.6 Å². The molecule has 3 heterocycles. The molecule has 3 aromatic heterocycles. The summed E-state index contributed by atoms with van der Waals surface area (Å²) in [6.45, 7) is 0. The fourth-order valence-corrected chi connectivity index (χ4v) is 1.46. The van der Waals surface area contributed by atoms with Crippen LogP contribution in [0.5, 0.6) is 0 Å². The molecule has 0 bridgehead atoms. The maximum atomic E-state index is 10.1. The zero-order valence-electron chi connectivity index (χ0n) is 15.1. The summed E-state index contributed by atoms with van der Waals surface area (Å²) in [5.41, 5.74) is 0.472. The number of aromatic carboxylic acids is 3. The first-order chi connectivity index (χ1) is 12.9. The minimum atomic E-state index is -1.17. The molecule has 29 heavy (non-hydrogen) atoms. The van der Waals surface area contributed by atoms with Crippen molar-refractivity contribution in [3.63, 3.8) is 0 Å². The summed E-state index contributed by atoms with van der Waals surface area (Å²) >= 11 is 0. The van der Waals surface area contributed by atoms with E-state index in [1.54, 1.807) is 0 Å². The van der Waals surface area contributed by atoms with Crippen LogP contribution < -0.4 is 44.9 Å². The van der Waals surface area contributed by atoms with Crippen molar-refractivity contribution in [2.24, 2.45) is 0 Å². The van der Waals surface area contributed by atoms with Gasteiger partial charge in [-0.15, -0.1) is 0 Å². The Kier molecular flexibility index (Phi) is 16.1. The molecule has 9 nitrogen and oxygen atoms in total. The number of carbonyl (C=O) groups is 3. The van der Waals surface area contributed by atoms with Crippen molar-refractivity contribution in [2.75, 3.05) is 0 Å². The van der Waals surface area contributed by atoms with Gasteiger partial charge in [-0.25, -0.2) is 0 Å². The third-order valence-corrected chi connectivity index (χ3v) is 2.75. The first-order valence-electron chi connectivity index (χ1n) is 7.26. The van der Waals surface area contributed by atoms with E-state index < -0.39 is 17.9 Å². The number of hydrogen-bond donors (Lipinski definition) is 0. The van der Waals surface area contributed by atoms with E-state index in [9.17, 15) is 29.7 Å². The Hall–Kier alpha value is -2.62. The molecule has 3 aromatic rings. The Labute approximate surface area is 198 Å². The zero-order valence-corrected chi connectivity index (χ0v) is 18.2. The predicted molar refractivity (Wildman–Crippen MR) is 85.7 cm³/mol. The topological polar surface area (TPSA) is 159 Å². The van der Waals surface area contributed by atoms with Gasteiger partial charge in [0.25, 0.3) is 0 Å². The maximum Gasteiger partial charge on any atom is 2.00 e. The number of hydrogen-bond acceptors (Lipinski definition) is 9. The molecule has 3 rings (SSSR count). The second-order valence-corrected chi connectivity index (χ2v) is 4.57. The quantitative estimate of drug-likeness (QED) is 0.361. The summed E-state index contributed by atoms with van der Waals surface area (Å²) in [6, 6.07) is 8.31. The predicted octanol–water partition coefficient (Wildman–Crippen LogP) is -4.66. The summed E-state index contributed by atoms with van der Waals surface area (Å²) in [5, 5.41) is 30.2. The van der Waals surface area contributed by atoms with Crippen molar-refractivity contribution in [3.8, 4) is 0 Å². The first kappa shape index (κ1) is 28.6. The third kappa shape index (κ3) is 12.5. The summed E-state index contributed by atoms with van der Waals surface area (Å²) in [4.78, 5) is 41.1. The van der Waals surface area contributed by atoms with Gasteiger partial charge in [-0.05, 0) is 36.4 Å². The molecule has 0 saturated heterocycles. The number of aromatic nitrogens is 3. The number of nitrogens with zero attached hydrogens (tertiary/aromatic N) is 3. The Bertz CT molecular complexity index is 753. The molecule has 0 saturated carbocycles. The molecule has 0 aromatic carbocycles. The summed E-state index contributed by atoms with van der Waals surface area (Å²) in [5.74, 6) is -3.51. The number of carboxylic acids is 3. The summed E-state index contributed by atoms with van der Waals surface area (Å²) in [6.07, 6.45) is 8.45. The van der Waals surface area contributed by atoms with Crippen LogP contribution in [0.3, 0.4) is 0 Å². The van der Waals surface area contributed by atoms with E-state index in [2.05, 4.69) is 15.0 Å². The van der Waals surface area contributed by atoms with Crippen molar-refractivity contribution in [2.45, 2.75) is 0 Å².